The first-order valence-corrected chi connectivity index (χ1v) is 6.67. The third-order valence-corrected chi connectivity index (χ3v) is 2.83. The summed E-state index contributed by atoms with van der Waals surface area (Å²) in [4.78, 5) is 24.5. The fourth-order valence-corrected chi connectivity index (χ4v) is 1.84. The van der Waals surface area contributed by atoms with E-state index in [1.807, 2.05) is 42.5 Å². The maximum atomic E-state index is 12.2. The van der Waals surface area contributed by atoms with Crippen LogP contribution in [0.1, 0.15) is 10.5 Å². The largest absolute Gasteiger partial charge is 0.338 e. The van der Waals surface area contributed by atoms with E-state index in [0.717, 1.165) is 5.69 Å². The second-order valence-corrected chi connectivity index (χ2v) is 4.48. The second kappa shape index (κ2) is 6.45. The SMILES string of the molecule is O=C(Nc1ccccc1)c1cncc(Nc2cccnc2)n1. The highest BCUT2D eigenvalue weighted by Gasteiger charge is 2.09. The zero-order valence-electron chi connectivity index (χ0n) is 11.6. The van der Waals surface area contributed by atoms with Gasteiger partial charge in [-0.2, -0.15) is 0 Å². The third kappa shape index (κ3) is 3.43. The van der Waals surface area contributed by atoms with Crippen LogP contribution in [0.15, 0.2) is 67.3 Å². The topological polar surface area (TPSA) is 79.8 Å². The lowest BCUT2D eigenvalue weighted by Gasteiger charge is -2.07. The number of aromatic nitrogens is 3. The Bertz CT molecular complexity index is 762. The molecule has 6 nitrogen and oxygen atoms in total. The Labute approximate surface area is 127 Å². The van der Waals surface area contributed by atoms with Crippen molar-refractivity contribution >= 4 is 23.1 Å². The van der Waals surface area contributed by atoms with E-state index >= 15 is 0 Å². The molecule has 0 saturated heterocycles. The highest BCUT2D eigenvalue weighted by atomic mass is 16.1. The van der Waals surface area contributed by atoms with Gasteiger partial charge in [0, 0.05) is 11.9 Å². The summed E-state index contributed by atoms with van der Waals surface area (Å²) in [5.74, 6) is 0.169. The number of pyridine rings is 1. The molecule has 1 amide bonds. The van der Waals surface area contributed by atoms with Gasteiger partial charge in [-0.25, -0.2) is 4.98 Å². The van der Waals surface area contributed by atoms with Crippen LogP contribution >= 0.6 is 0 Å². The summed E-state index contributed by atoms with van der Waals surface area (Å²) in [6, 6.07) is 12.9. The fourth-order valence-electron chi connectivity index (χ4n) is 1.84. The molecule has 0 aliphatic carbocycles. The number of nitrogens with one attached hydrogen (secondary N) is 2. The number of rotatable bonds is 4. The number of carbonyl (C=O) groups excluding carboxylic acids is 1. The number of carbonyl (C=O) groups is 1. The summed E-state index contributed by atoms with van der Waals surface area (Å²) in [6.45, 7) is 0. The van der Waals surface area contributed by atoms with Crippen LogP contribution in [-0.4, -0.2) is 20.9 Å². The molecule has 0 radical (unpaired) electrons. The Hall–Kier alpha value is -3.28. The van der Waals surface area contributed by atoms with Crippen molar-refractivity contribution in [1.29, 1.82) is 0 Å². The average Bonchev–Trinajstić information content (AvgIpc) is 2.57. The molecule has 22 heavy (non-hydrogen) atoms. The van der Waals surface area contributed by atoms with E-state index in [0.29, 0.717) is 11.5 Å². The lowest BCUT2D eigenvalue weighted by Crippen LogP contribution is -2.14. The van der Waals surface area contributed by atoms with Crippen LogP contribution in [0.3, 0.4) is 0 Å². The maximum Gasteiger partial charge on any atom is 0.275 e. The Balaban J connectivity index is 1.75. The van der Waals surface area contributed by atoms with Crippen molar-refractivity contribution in [3.8, 4) is 0 Å². The number of para-hydroxylation sites is 1. The third-order valence-electron chi connectivity index (χ3n) is 2.83. The van der Waals surface area contributed by atoms with Gasteiger partial charge in [0.1, 0.15) is 11.5 Å². The molecule has 0 bridgehead atoms. The van der Waals surface area contributed by atoms with Crippen molar-refractivity contribution in [2.45, 2.75) is 0 Å². The quantitative estimate of drug-likeness (QED) is 0.772. The van der Waals surface area contributed by atoms with Crippen molar-refractivity contribution < 1.29 is 4.79 Å². The first kappa shape index (κ1) is 13.7. The number of anilines is 3. The van der Waals surface area contributed by atoms with E-state index in [1.165, 1.54) is 6.20 Å². The average molecular weight is 291 g/mol. The summed E-state index contributed by atoms with van der Waals surface area (Å²) in [5.41, 5.74) is 1.72. The monoisotopic (exact) mass is 291 g/mol. The van der Waals surface area contributed by atoms with Crippen LogP contribution in [0, 0.1) is 0 Å². The molecule has 0 aliphatic heterocycles. The molecule has 0 spiro atoms. The number of benzene rings is 1. The van der Waals surface area contributed by atoms with Gasteiger partial charge in [-0.3, -0.25) is 14.8 Å². The van der Waals surface area contributed by atoms with Crippen molar-refractivity contribution in [1.82, 2.24) is 15.0 Å². The Morgan fingerprint density at radius 2 is 1.68 bits per heavy atom. The number of hydrogen-bond acceptors (Lipinski definition) is 5. The smallest absolute Gasteiger partial charge is 0.275 e. The van der Waals surface area contributed by atoms with Crippen LogP contribution in [0.25, 0.3) is 0 Å². The van der Waals surface area contributed by atoms with E-state index in [-0.39, 0.29) is 11.6 Å². The van der Waals surface area contributed by atoms with Crippen LogP contribution in [0.5, 0.6) is 0 Å². The number of nitrogens with zero attached hydrogens (tertiary/aromatic N) is 3. The summed E-state index contributed by atoms with van der Waals surface area (Å²) in [5, 5.41) is 5.81. The Morgan fingerprint density at radius 1 is 0.864 bits per heavy atom. The van der Waals surface area contributed by atoms with Gasteiger partial charge in [-0.15, -0.1) is 0 Å². The van der Waals surface area contributed by atoms with E-state index in [4.69, 9.17) is 0 Å². The van der Waals surface area contributed by atoms with Gasteiger partial charge < -0.3 is 10.6 Å². The van der Waals surface area contributed by atoms with Crippen LogP contribution in [0.4, 0.5) is 17.2 Å². The summed E-state index contributed by atoms with van der Waals surface area (Å²) in [6.07, 6.45) is 6.32. The molecule has 0 saturated carbocycles. The van der Waals surface area contributed by atoms with Crippen molar-refractivity contribution in [3.63, 3.8) is 0 Å². The minimum atomic E-state index is -0.312. The number of hydrogen-bond donors (Lipinski definition) is 2. The van der Waals surface area contributed by atoms with Gasteiger partial charge in [-0.05, 0) is 24.3 Å². The van der Waals surface area contributed by atoms with Gasteiger partial charge in [0.15, 0.2) is 0 Å². The standard InChI is InChI=1S/C16H13N5O/c22-16(20-12-5-2-1-3-6-12)14-10-18-11-15(21-14)19-13-7-4-8-17-9-13/h1-11H,(H,19,21)(H,20,22). The molecule has 108 valence electrons. The zero-order chi connectivity index (χ0) is 15.2. The molecule has 2 N–H and O–H groups in total. The lowest BCUT2D eigenvalue weighted by atomic mass is 10.3. The molecule has 3 rings (SSSR count). The van der Waals surface area contributed by atoms with Crippen molar-refractivity contribution in [3.05, 3.63) is 72.9 Å². The van der Waals surface area contributed by atoms with Crippen molar-refractivity contribution in [2.24, 2.45) is 0 Å². The van der Waals surface area contributed by atoms with Crippen LogP contribution in [0.2, 0.25) is 0 Å². The highest BCUT2D eigenvalue weighted by molar-refractivity contribution is 6.02. The predicted molar refractivity (Wildman–Crippen MR) is 83.9 cm³/mol. The van der Waals surface area contributed by atoms with Gasteiger partial charge in [0.25, 0.3) is 5.91 Å². The lowest BCUT2D eigenvalue weighted by molar-refractivity contribution is 0.102. The van der Waals surface area contributed by atoms with Gasteiger partial charge in [-0.1, -0.05) is 18.2 Å². The fraction of sp³-hybridized carbons (Fsp3) is 0. The molecule has 0 fully saturated rings. The first-order valence-electron chi connectivity index (χ1n) is 6.67. The Kier molecular flexibility index (Phi) is 4.01. The summed E-state index contributed by atoms with van der Waals surface area (Å²) in [7, 11) is 0. The molecule has 0 unspecified atom stereocenters. The number of amides is 1. The Morgan fingerprint density at radius 3 is 2.45 bits per heavy atom. The minimum absolute atomic E-state index is 0.234. The molecular weight excluding hydrogens is 278 g/mol. The zero-order valence-corrected chi connectivity index (χ0v) is 11.6. The molecule has 1 aromatic carbocycles. The molecule has 0 atom stereocenters. The second-order valence-electron chi connectivity index (χ2n) is 4.48. The molecule has 2 aromatic heterocycles. The molecule has 0 aliphatic rings. The normalized spacial score (nSPS) is 10.0. The molecule has 3 aromatic rings. The summed E-state index contributed by atoms with van der Waals surface area (Å²) < 4.78 is 0. The van der Waals surface area contributed by atoms with E-state index in [1.54, 1.807) is 18.6 Å². The van der Waals surface area contributed by atoms with Gasteiger partial charge in [0.2, 0.25) is 0 Å². The molecule has 6 heteroatoms. The van der Waals surface area contributed by atoms with Gasteiger partial charge in [0.05, 0.1) is 24.3 Å². The van der Waals surface area contributed by atoms with E-state index < -0.39 is 0 Å². The maximum absolute atomic E-state index is 12.2. The predicted octanol–water partition coefficient (Wildman–Crippen LogP) is 2.87. The van der Waals surface area contributed by atoms with Gasteiger partial charge >= 0.3 is 0 Å². The van der Waals surface area contributed by atoms with Crippen LogP contribution in [-0.2, 0) is 0 Å². The summed E-state index contributed by atoms with van der Waals surface area (Å²) >= 11 is 0. The van der Waals surface area contributed by atoms with E-state index in [9.17, 15) is 4.79 Å². The molecular formula is C16H13N5O. The van der Waals surface area contributed by atoms with E-state index in [2.05, 4.69) is 25.6 Å². The minimum Gasteiger partial charge on any atom is -0.338 e. The van der Waals surface area contributed by atoms with Crippen LogP contribution < -0.4 is 10.6 Å². The highest BCUT2D eigenvalue weighted by Crippen LogP contribution is 2.13. The molecule has 2 heterocycles. The van der Waals surface area contributed by atoms with Crippen molar-refractivity contribution in [2.75, 3.05) is 10.6 Å². The first-order chi connectivity index (χ1) is 10.8.